The van der Waals surface area contributed by atoms with Crippen molar-refractivity contribution in [3.63, 3.8) is 0 Å². The molecule has 3 rings (SSSR count). The van der Waals surface area contributed by atoms with Crippen molar-refractivity contribution in [3.8, 4) is 5.75 Å². The first-order chi connectivity index (χ1) is 15.5. The van der Waals surface area contributed by atoms with E-state index >= 15 is 0 Å². The minimum absolute atomic E-state index is 0. The number of guanidine groups is 1. The zero-order valence-corrected chi connectivity index (χ0v) is 21.9. The van der Waals surface area contributed by atoms with Gasteiger partial charge in [0.15, 0.2) is 5.96 Å². The lowest BCUT2D eigenvalue weighted by molar-refractivity contribution is -0.0180. The van der Waals surface area contributed by atoms with E-state index in [-0.39, 0.29) is 24.0 Å². The number of aliphatic imine (C=N–C) groups is 1. The van der Waals surface area contributed by atoms with E-state index in [2.05, 4.69) is 32.7 Å². The molecule has 0 amide bonds. The fourth-order valence-electron chi connectivity index (χ4n) is 3.59. The predicted molar refractivity (Wildman–Crippen MR) is 141 cm³/mol. The van der Waals surface area contributed by atoms with E-state index in [0.29, 0.717) is 38.8 Å². The molecule has 1 atom stereocenters. The molecule has 1 aromatic carbocycles. The van der Waals surface area contributed by atoms with Gasteiger partial charge < -0.3 is 29.6 Å². The number of methoxy groups -OCH3 is 1. The Morgan fingerprint density at radius 3 is 2.45 bits per heavy atom. The lowest BCUT2D eigenvalue weighted by Crippen LogP contribution is -2.48. The summed E-state index contributed by atoms with van der Waals surface area (Å²) in [4.78, 5) is 6.90. The second-order valence-corrected chi connectivity index (χ2v) is 8.33. The first-order valence-corrected chi connectivity index (χ1v) is 11.2. The fraction of sp³-hybridized carbons (Fsp3) is 0.542. The molecule has 8 nitrogen and oxygen atoms in total. The Hall–Kier alpha value is -1.82. The van der Waals surface area contributed by atoms with Gasteiger partial charge in [-0.25, -0.2) is 0 Å². The second kappa shape index (κ2) is 14.4. The molecule has 1 aliphatic heterocycles. The van der Waals surface area contributed by atoms with E-state index in [1.165, 1.54) is 5.56 Å². The number of ether oxygens (including phenoxy) is 2. The highest BCUT2D eigenvalue weighted by atomic mass is 127. The van der Waals surface area contributed by atoms with Crippen molar-refractivity contribution < 1.29 is 19.0 Å². The molecule has 1 unspecified atom stereocenters. The first kappa shape index (κ1) is 27.4. The minimum atomic E-state index is -0.914. The van der Waals surface area contributed by atoms with E-state index in [0.717, 1.165) is 44.0 Å². The van der Waals surface area contributed by atoms with Crippen LogP contribution in [0.15, 0.2) is 52.1 Å². The number of benzene rings is 1. The highest BCUT2D eigenvalue weighted by molar-refractivity contribution is 14.0. The molecule has 1 aliphatic rings. The van der Waals surface area contributed by atoms with Crippen LogP contribution in [0.5, 0.6) is 5.75 Å². The molecule has 33 heavy (non-hydrogen) atoms. The Morgan fingerprint density at radius 2 is 1.82 bits per heavy atom. The van der Waals surface area contributed by atoms with E-state index in [1.807, 2.05) is 31.2 Å². The van der Waals surface area contributed by atoms with Gasteiger partial charge in [-0.05, 0) is 43.2 Å². The molecule has 0 bridgehead atoms. The average Bonchev–Trinajstić information content (AvgIpc) is 3.31. The van der Waals surface area contributed by atoms with E-state index in [1.54, 1.807) is 13.4 Å². The van der Waals surface area contributed by atoms with Crippen molar-refractivity contribution in [2.75, 3.05) is 59.6 Å². The zero-order chi connectivity index (χ0) is 22.7. The van der Waals surface area contributed by atoms with Gasteiger partial charge in [0.2, 0.25) is 0 Å². The van der Waals surface area contributed by atoms with Crippen LogP contribution in [0.2, 0.25) is 0 Å². The van der Waals surface area contributed by atoms with Crippen LogP contribution in [0, 0.1) is 0 Å². The van der Waals surface area contributed by atoms with Crippen molar-refractivity contribution >= 4 is 29.9 Å². The smallest absolute Gasteiger partial charge is 0.191 e. The van der Waals surface area contributed by atoms with Gasteiger partial charge in [-0.15, -0.1) is 24.0 Å². The molecule has 0 saturated carbocycles. The summed E-state index contributed by atoms with van der Waals surface area (Å²) in [5.74, 6) is 2.47. The molecule has 0 aliphatic carbocycles. The van der Waals surface area contributed by atoms with E-state index in [4.69, 9.17) is 13.9 Å². The number of rotatable bonds is 11. The van der Waals surface area contributed by atoms with Crippen molar-refractivity contribution in [3.05, 3.63) is 54.0 Å². The van der Waals surface area contributed by atoms with Crippen LogP contribution in [-0.2, 0) is 17.6 Å². The van der Waals surface area contributed by atoms with Crippen LogP contribution in [0.25, 0.3) is 0 Å². The maximum atomic E-state index is 10.9. The summed E-state index contributed by atoms with van der Waals surface area (Å²) in [5.41, 5.74) is 0.302. The normalized spacial score (nSPS) is 16.5. The summed E-state index contributed by atoms with van der Waals surface area (Å²) in [6.45, 7) is 7.25. The van der Waals surface area contributed by atoms with Crippen LogP contribution >= 0.6 is 24.0 Å². The third-order valence-corrected chi connectivity index (χ3v) is 5.35. The summed E-state index contributed by atoms with van der Waals surface area (Å²) >= 11 is 0. The largest absolute Gasteiger partial charge is 0.497 e. The van der Waals surface area contributed by atoms with Gasteiger partial charge in [-0.1, -0.05) is 12.1 Å². The monoisotopic (exact) mass is 572 g/mol. The Bertz CT molecular complexity index is 806. The molecule has 9 heteroatoms. The molecular formula is C24H37IN4O4. The van der Waals surface area contributed by atoms with Crippen molar-refractivity contribution in [1.29, 1.82) is 0 Å². The quantitative estimate of drug-likeness (QED) is 0.216. The second-order valence-electron chi connectivity index (χ2n) is 8.33. The topological polar surface area (TPSA) is 91.5 Å². The molecule has 3 N–H and O–H groups in total. The lowest BCUT2D eigenvalue weighted by atomic mass is 10.1. The van der Waals surface area contributed by atoms with Crippen LogP contribution < -0.4 is 15.4 Å². The highest BCUT2D eigenvalue weighted by Crippen LogP contribution is 2.12. The van der Waals surface area contributed by atoms with Gasteiger partial charge >= 0.3 is 0 Å². The van der Waals surface area contributed by atoms with Crippen LogP contribution in [-0.4, -0.2) is 81.2 Å². The summed E-state index contributed by atoms with van der Waals surface area (Å²) in [7, 11) is 1.67. The number of furan rings is 1. The molecule has 0 spiro atoms. The Kier molecular flexibility index (Phi) is 12.0. The Balaban J connectivity index is 0.00000385. The number of nitrogens with zero attached hydrogens (tertiary/aromatic N) is 2. The third-order valence-electron chi connectivity index (χ3n) is 5.35. The maximum absolute atomic E-state index is 10.9. The van der Waals surface area contributed by atoms with Crippen LogP contribution in [0.1, 0.15) is 18.2 Å². The highest BCUT2D eigenvalue weighted by Gasteiger charge is 2.25. The summed E-state index contributed by atoms with van der Waals surface area (Å²) in [5, 5.41) is 17.6. The lowest BCUT2D eigenvalue weighted by Gasteiger charge is -2.33. The molecule has 184 valence electrons. The van der Waals surface area contributed by atoms with Gasteiger partial charge in [0.1, 0.15) is 11.5 Å². The number of morpholine rings is 1. The van der Waals surface area contributed by atoms with E-state index in [9.17, 15) is 5.11 Å². The predicted octanol–water partition coefficient (Wildman–Crippen LogP) is 2.31. The van der Waals surface area contributed by atoms with Crippen molar-refractivity contribution in [2.45, 2.75) is 25.4 Å². The Morgan fingerprint density at radius 1 is 1.12 bits per heavy atom. The molecule has 1 fully saturated rings. The molecule has 0 radical (unpaired) electrons. The van der Waals surface area contributed by atoms with Gasteiger partial charge in [-0.3, -0.25) is 9.89 Å². The maximum Gasteiger partial charge on any atom is 0.191 e. The van der Waals surface area contributed by atoms with Gasteiger partial charge in [0.25, 0.3) is 0 Å². The molecule has 1 aromatic heterocycles. The molecule has 1 saturated heterocycles. The number of aliphatic hydroxyl groups is 1. The summed E-state index contributed by atoms with van der Waals surface area (Å²) in [6, 6.07) is 11.9. The van der Waals surface area contributed by atoms with E-state index < -0.39 is 5.60 Å². The number of β-amino-alcohol motifs (C(OH)–C–C–N with tert-alkyl or cyclic N) is 1. The standard InChI is InChI=1S/C24H36N4O4.HI/c1-24(29,19-28-13-16-31-17-14-28)18-27-23(26-12-10-22-4-3-15-32-22)25-11-9-20-5-7-21(30-2)8-6-20;/h3-8,15,29H,9-14,16-19H2,1-2H3,(H2,25,26,27);1H. The molecule has 2 aromatic rings. The number of nitrogens with one attached hydrogen (secondary N) is 2. The molecule has 2 heterocycles. The third kappa shape index (κ3) is 10.3. The molecular weight excluding hydrogens is 535 g/mol. The summed E-state index contributed by atoms with van der Waals surface area (Å²) < 4.78 is 16.0. The average molecular weight is 572 g/mol. The summed E-state index contributed by atoms with van der Waals surface area (Å²) in [6.07, 6.45) is 3.30. The van der Waals surface area contributed by atoms with Crippen LogP contribution in [0.3, 0.4) is 0 Å². The van der Waals surface area contributed by atoms with Gasteiger partial charge in [-0.2, -0.15) is 0 Å². The Labute approximate surface area is 213 Å². The number of halogens is 1. The zero-order valence-electron chi connectivity index (χ0n) is 19.6. The fourth-order valence-corrected chi connectivity index (χ4v) is 3.59. The minimum Gasteiger partial charge on any atom is -0.497 e. The first-order valence-electron chi connectivity index (χ1n) is 11.2. The number of hydrogen-bond acceptors (Lipinski definition) is 6. The van der Waals surface area contributed by atoms with Gasteiger partial charge in [0.05, 0.1) is 38.7 Å². The number of hydrogen-bond donors (Lipinski definition) is 3. The van der Waals surface area contributed by atoms with Crippen molar-refractivity contribution in [2.24, 2.45) is 4.99 Å². The van der Waals surface area contributed by atoms with Crippen LogP contribution in [0.4, 0.5) is 0 Å². The van der Waals surface area contributed by atoms with Crippen molar-refractivity contribution in [1.82, 2.24) is 15.5 Å². The SMILES string of the molecule is COc1ccc(CCNC(=NCC(C)(O)CN2CCOCC2)NCCc2ccco2)cc1.I. The van der Waals surface area contributed by atoms with Gasteiger partial charge in [0, 0.05) is 39.1 Å².